The molecule has 1 aliphatic carbocycles. The van der Waals surface area contributed by atoms with E-state index in [2.05, 4.69) is 30.3 Å². The lowest BCUT2D eigenvalue weighted by molar-refractivity contribution is 0.00613. The minimum Gasteiger partial charge on any atom is -0.373 e. The predicted octanol–water partition coefficient (Wildman–Crippen LogP) is 1.45. The van der Waals surface area contributed by atoms with Crippen LogP contribution in [0.3, 0.4) is 0 Å². The Morgan fingerprint density at radius 1 is 1.21 bits per heavy atom. The van der Waals surface area contributed by atoms with Gasteiger partial charge in [-0.1, -0.05) is 30.3 Å². The van der Waals surface area contributed by atoms with Gasteiger partial charge in [-0.25, -0.2) is 0 Å². The minimum absolute atomic E-state index is 0.0237. The van der Waals surface area contributed by atoms with Crippen LogP contribution in [0.1, 0.15) is 18.4 Å². The van der Waals surface area contributed by atoms with Crippen LogP contribution in [0.5, 0.6) is 0 Å². The van der Waals surface area contributed by atoms with E-state index in [4.69, 9.17) is 10.5 Å². The van der Waals surface area contributed by atoms with Gasteiger partial charge in [-0.3, -0.25) is 0 Å². The number of hydrogen-bond donors (Lipinski definition) is 1. The highest BCUT2D eigenvalue weighted by Crippen LogP contribution is 2.58. The van der Waals surface area contributed by atoms with E-state index in [1.165, 1.54) is 5.56 Å². The molecule has 2 heteroatoms. The summed E-state index contributed by atoms with van der Waals surface area (Å²) in [5.41, 5.74) is 7.45. The zero-order valence-corrected chi connectivity index (χ0v) is 8.20. The molecule has 2 heterocycles. The Bertz CT molecular complexity index is 341. The molecule has 74 valence electrons. The number of ether oxygens (including phenoxy) is 1. The fraction of sp³-hybridized carbons (Fsp3) is 0.500. The molecule has 0 spiro atoms. The first kappa shape index (κ1) is 8.45. The molecule has 0 radical (unpaired) electrons. The summed E-state index contributed by atoms with van der Waals surface area (Å²) < 4.78 is 5.80. The van der Waals surface area contributed by atoms with E-state index in [9.17, 15) is 0 Å². The van der Waals surface area contributed by atoms with Crippen molar-refractivity contribution in [1.82, 2.24) is 0 Å². The van der Waals surface area contributed by atoms with Gasteiger partial charge < -0.3 is 10.5 Å². The Balaban J connectivity index is 1.90. The van der Waals surface area contributed by atoms with Crippen molar-refractivity contribution in [2.45, 2.75) is 23.9 Å². The third kappa shape index (κ3) is 0.928. The van der Waals surface area contributed by atoms with E-state index in [0.717, 1.165) is 19.4 Å². The van der Waals surface area contributed by atoms with Crippen LogP contribution in [0.25, 0.3) is 0 Å². The van der Waals surface area contributed by atoms with Crippen LogP contribution < -0.4 is 5.73 Å². The maximum absolute atomic E-state index is 5.80. The highest BCUT2D eigenvalue weighted by molar-refractivity contribution is 5.34. The minimum atomic E-state index is 0.0237. The van der Waals surface area contributed by atoms with Gasteiger partial charge in [0.05, 0.1) is 12.2 Å². The predicted molar refractivity (Wildman–Crippen MR) is 55.1 cm³/mol. The maximum atomic E-state index is 5.80. The molecule has 0 aromatic heterocycles. The number of rotatable bonds is 2. The van der Waals surface area contributed by atoms with Crippen molar-refractivity contribution in [1.29, 1.82) is 0 Å². The molecule has 0 unspecified atom stereocenters. The lowest BCUT2D eigenvalue weighted by Crippen LogP contribution is -2.51. The summed E-state index contributed by atoms with van der Waals surface area (Å²) in [5, 5.41) is 0. The fourth-order valence-electron chi connectivity index (χ4n) is 2.96. The monoisotopic (exact) mass is 189 g/mol. The second-order valence-corrected chi connectivity index (χ2v) is 4.68. The lowest BCUT2D eigenvalue weighted by atomic mass is 9.59. The molecule has 2 nitrogen and oxygen atoms in total. The standard InChI is InChI=1S/C12H15NO/c13-8-12-6-11(7-12,9-14-12)10-4-2-1-3-5-10/h1-5H,6-9,13H2. The summed E-state index contributed by atoms with van der Waals surface area (Å²) in [7, 11) is 0. The first-order valence-electron chi connectivity index (χ1n) is 5.18. The molecule has 0 amide bonds. The second kappa shape index (κ2) is 2.59. The average molecular weight is 189 g/mol. The molecule has 2 bridgehead atoms. The van der Waals surface area contributed by atoms with Crippen LogP contribution >= 0.6 is 0 Å². The van der Waals surface area contributed by atoms with Gasteiger partial charge in [-0.05, 0) is 18.4 Å². The van der Waals surface area contributed by atoms with Crippen molar-refractivity contribution < 1.29 is 4.74 Å². The second-order valence-electron chi connectivity index (χ2n) is 4.68. The molecule has 3 fully saturated rings. The van der Waals surface area contributed by atoms with E-state index in [0.29, 0.717) is 12.0 Å². The Morgan fingerprint density at radius 3 is 2.50 bits per heavy atom. The molecular weight excluding hydrogens is 174 g/mol. The zero-order valence-electron chi connectivity index (χ0n) is 8.20. The largest absolute Gasteiger partial charge is 0.373 e. The van der Waals surface area contributed by atoms with Crippen LogP contribution in [0.2, 0.25) is 0 Å². The average Bonchev–Trinajstić information content (AvgIpc) is 2.74. The molecule has 1 aromatic rings. The van der Waals surface area contributed by atoms with E-state index in [1.54, 1.807) is 0 Å². The quantitative estimate of drug-likeness (QED) is 0.764. The first-order chi connectivity index (χ1) is 6.79. The van der Waals surface area contributed by atoms with Gasteiger partial charge in [0.1, 0.15) is 0 Å². The summed E-state index contributed by atoms with van der Waals surface area (Å²) >= 11 is 0. The van der Waals surface area contributed by atoms with Gasteiger partial charge >= 0.3 is 0 Å². The number of hydrogen-bond acceptors (Lipinski definition) is 2. The summed E-state index contributed by atoms with van der Waals surface area (Å²) in [5.74, 6) is 0. The first-order valence-corrected chi connectivity index (χ1v) is 5.18. The number of fused-ring (bicyclic) bond motifs is 1. The highest BCUT2D eigenvalue weighted by Gasteiger charge is 2.62. The molecule has 2 saturated heterocycles. The summed E-state index contributed by atoms with van der Waals surface area (Å²) in [6.45, 7) is 1.52. The normalized spacial score (nSPS) is 39.5. The summed E-state index contributed by atoms with van der Waals surface area (Å²) in [4.78, 5) is 0. The maximum Gasteiger partial charge on any atom is 0.0823 e. The Morgan fingerprint density at radius 2 is 1.93 bits per heavy atom. The van der Waals surface area contributed by atoms with Gasteiger partial charge in [0.25, 0.3) is 0 Å². The lowest BCUT2D eigenvalue weighted by Gasteiger charge is -2.44. The van der Waals surface area contributed by atoms with Crippen molar-refractivity contribution in [2.24, 2.45) is 5.73 Å². The van der Waals surface area contributed by atoms with Gasteiger partial charge in [0.2, 0.25) is 0 Å². The Kier molecular flexibility index (Phi) is 1.56. The molecule has 0 atom stereocenters. The van der Waals surface area contributed by atoms with E-state index >= 15 is 0 Å². The zero-order chi connectivity index (χ0) is 9.65. The van der Waals surface area contributed by atoms with Crippen molar-refractivity contribution >= 4 is 0 Å². The number of nitrogens with two attached hydrogens (primary N) is 1. The summed E-state index contributed by atoms with van der Waals surface area (Å²) in [6, 6.07) is 10.7. The van der Waals surface area contributed by atoms with Crippen molar-refractivity contribution in [2.75, 3.05) is 13.2 Å². The van der Waals surface area contributed by atoms with Crippen LogP contribution in [0, 0.1) is 0 Å². The topological polar surface area (TPSA) is 35.2 Å². The van der Waals surface area contributed by atoms with Crippen LogP contribution in [0.4, 0.5) is 0 Å². The van der Waals surface area contributed by atoms with Gasteiger partial charge in [0, 0.05) is 12.0 Å². The molecule has 3 aliphatic rings. The Hall–Kier alpha value is -0.860. The molecule has 2 aliphatic heterocycles. The van der Waals surface area contributed by atoms with E-state index in [1.807, 2.05) is 0 Å². The molecule has 2 N–H and O–H groups in total. The van der Waals surface area contributed by atoms with Gasteiger partial charge in [-0.2, -0.15) is 0 Å². The number of benzene rings is 1. The highest BCUT2D eigenvalue weighted by atomic mass is 16.5. The van der Waals surface area contributed by atoms with Crippen LogP contribution in [-0.4, -0.2) is 18.8 Å². The molecular formula is C12H15NO. The molecule has 14 heavy (non-hydrogen) atoms. The summed E-state index contributed by atoms with van der Waals surface area (Å²) in [6.07, 6.45) is 2.22. The van der Waals surface area contributed by atoms with Gasteiger partial charge in [-0.15, -0.1) is 0 Å². The van der Waals surface area contributed by atoms with Crippen molar-refractivity contribution in [3.63, 3.8) is 0 Å². The smallest absolute Gasteiger partial charge is 0.0823 e. The van der Waals surface area contributed by atoms with Crippen LogP contribution in [-0.2, 0) is 10.2 Å². The van der Waals surface area contributed by atoms with E-state index in [-0.39, 0.29) is 5.60 Å². The molecule has 1 aromatic carbocycles. The van der Waals surface area contributed by atoms with Gasteiger partial charge in [0.15, 0.2) is 0 Å². The molecule has 1 saturated carbocycles. The SMILES string of the molecule is NCC12CC(c3ccccc3)(CO1)C2. The molecule has 4 rings (SSSR count). The Labute approximate surface area is 84.1 Å². The van der Waals surface area contributed by atoms with Crippen LogP contribution in [0.15, 0.2) is 30.3 Å². The fourth-order valence-corrected chi connectivity index (χ4v) is 2.96. The third-order valence-corrected chi connectivity index (χ3v) is 3.73. The third-order valence-electron chi connectivity index (χ3n) is 3.73. The van der Waals surface area contributed by atoms with Crippen molar-refractivity contribution in [3.05, 3.63) is 35.9 Å². The van der Waals surface area contributed by atoms with E-state index < -0.39 is 0 Å². The van der Waals surface area contributed by atoms with Crippen molar-refractivity contribution in [3.8, 4) is 0 Å².